The molecule has 1 aromatic rings. The first-order valence-electron chi connectivity index (χ1n) is 7.10. The monoisotopic (exact) mass is 248 g/mol. The SMILES string of the molecule is CCCc1nc(N)cc(N2CCCCCC2C)n1. The Labute approximate surface area is 110 Å². The Morgan fingerprint density at radius 3 is 2.94 bits per heavy atom. The summed E-state index contributed by atoms with van der Waals surface area (Å²) < 4.78 is 0. The van der Waals surface area contributed by atoms with Crippen molar-refractivity contribution in [2.45, 2.75) is 58.4 Å². The highest BCUT2D eigenvalue weighted by molar-refractivity contribution is 5.47. The Morgan fingerprint density at radius 1 is 1.33 bits per heavy atom. The van der Waals surface area contributed by atoms with E-state index in [1.165, 1.54) is 25.7 Å². The molecular formula is C14H24N4. The average molecular weight is 248 g/mol. The molecule has 18 heavy (non-hydrogen) atoms. The Bertz CT molecular complexity index is 391. The van der Waals surface area contributed by atoms with E-state index in [-0.39, 0.29) is 0 Å². The zero-order valence-electron chi connectivity index (χ0n) is 11.5. The first-order valence-corrected chi connectivity index (χ1v) is 7.10. The van der Waals surface area contributed by atoms with E-state index in [0.717, 1.165) is 31.0 Å². The lowest BCUT2D eigenvalue weighted by Crippen LogP contribution is -2.33. The second kappa shape index (κ2) is 6.03. The van der Waals surface area contributed by atoms with Crippen molar-refractivity contribution >= 4 is 11.6 Å². The lowest BCUT2D eigenvalue weighted by Gasteiger charge is -2.28. The molecule has 2 N–H and O–H groups in total. The summed E-state index contributed by atoms with van der Waals surface area (Å²) in [6.45, 7) is 5.51. The summed E-state index contributed by atoms with van der Waals surface area (Å²) in [5, 5.41) is 0. The molecule has 1 unspecified atom stereocenters. The Hall–Kier alpha value is -1.32. The number of hydrogen-bond acceptors (Lipinski definition) is 4. The summed E-state index contributed by atoms with van der Waals surface area (Å²) in [6.07, 6.45) is 7.09. The molecule has 0 radical (unpaired) electrons. The van der Waals surface area contributed by atoms with Crippen molar-refractivity contribution < 1.29 is 0 Å². The minimum atomic E-state index is 0.552. The summed E-state index contributed by atoms with van der Waals surface area (Å²) in [7, 11) is 0. The van der Waals surface area contributed by atoms with Crippen molar-refractivity contribution in [2.75, 3.05) is 17.2 Å². The molecule has 1 aliphatic rings. The second-order valence-electron chi connectivity index (χ2n) is 5.21. The molecule has 0 spiro atoms. The van der Waals surface area contributed by atoms with Crippen LogP contribution in [-0.2, 0) is 6.42 Å². The molecule has 4 heteroatoms. The number of anilines is 2. The molecule has 1 fully saturated rings. The first kappa shape index (κ1) is 13.1. The van der Waals surface area contributed by atoms with Crippen LogP contribution >= 0.6 is 0 Å². The maximum Gasteiger partial charge on any atom is 0.134 e. The van der Waals surface area contributed by atoms with Gasteiger partial charge in [-0.1, -0.05) is 19.8 Å². The van der Waals surface area contributed by atoms with Gasteiger partial charge >= 0.3 is 0 Å². The van der Waals surface area contributed by atoms with Gasteiger partial charge in [0.1, 0.15) is 17.5 Å². The van der Waals surface area contributed by atoms with Gasteiger partial charge < -0.3 is 10.6 Å². The van der Waals surface area contributed by atoms with Gasteiger partial charge in [0.05, 0.1) is 0 Å². The van der Waals surface area contributed by atoms with Gasteiger partial charge in [0.15, 0.2) is 0 Å². The van der Waals surface area contributed by atoms with Crippen molar-refractivity contribution in [3.63, 3.8) is 0 Å². The number of aryl methyl sites for hydroxylation is 1. The van der Waals surface area contributed by atoms with Crippen LogP contribution in [0.4, 0.5) is 11.6 Å². The van der Waals surface area contributed by atoms with Crippen LogP contribution in [0, 0.1) is 0 Å². The molecule has 0 saturated carbocycles. The van der Waals surface area contributed by atoms with Gasteiger partial charge in [-0.3, -0.25) is 0 Å². The van der Waals surface area contributed by atoms with Crippen LogP contribution in [0.2, 0.25) is 0 Å². The molecule has 0 aromatic carbocycles. The third kappa shape index (κ3) is 3.12. The van der Waals surface area contributed by atoms with E-state index in [1.807, 2.05) is 6.07 Å². The van der Waals surface area contributed by atoms with Crippen molar-refractivity contribution in [1.29, 1.82) is 0 Å². The quantitative estimate of drug-likeness (QED) is 0.893. The highest BCUT2D eigenvalue weighted by Gasteiger charge is 2.19. The Kier molecular flexibility index (Phi) is 4.39. The average Bonchev–Trinajstić information content (AvgIpc) is 2.53. The summed E-state index contributed by atoms with van der Waals surface area (Å²) in [5.74, 6) is 2.49. The molecule has 1 atom stereocenters. The van der Waals surface area contributed by atoms with Crippen LogP contribution in [-0.4, -0.2) is 22.6 Å². The molecule has 0 amide bonds. The second-order valence-corrected chi connectivity index (χ2v) is 5.21. The van der Waals surface area contributed by atoms with Crippen LogP contribution in [0.3, 0.4) is 0 Å². The van der Waals surface area contributed by atoms with E-state index in [2.05, 4.69) is 28.7 Å². The summed E-state index contributed by atoms with van der Waals surface area (Å²) in [6, 6.07) is 2.47. The zero-order valence-corrected chi connectivity index (χ0v) is 11.5. The summed E-state index contributed by atoms with van der Waals surface area (Å²) >= 11 is 0. The topological polar surface area (TPSA) is 55.0 Å². The highest BCUT2D eigenvalue weighted by Crippen LogP contribution is 2.23. The minimum Gasteiger partial charge on any atom is -0.384 e. The molecule has 1 aliphatic heterocycles. The third-order valence-electron chi connectivity index (χ3n) is 3.60. The zero-order chi connectivity index (χ0) is 13.0. The maximum atomic E-state index is 5.90. The molecule has 100 valence electrons. The molecule has 2 heterocycles. The van der Waals surface area contributed by atoms with Gasteiger partial charge in [0.2, 0.25) is 0 Å². The van der Waals surface area contributed by atoms with Crippen molar-refractivity contribution in [3.8, 4) is 0 Å². The molecule has 4 nitrogen and oxygen atoms in total. The van der Waals surface area contributed by atoms with Gasteiger partial charge in [0.25, 0.3) is 0 Å². The fourth-order valence-corrected chi connectivity index (χ4v) is 2.60. The van der Waals surface area contributed by atoms with E-state index in [1.54, 1.807) is 0 Å². The fourth-order valence-electron chi connectivity index (χ4n) is 2.60. The van der Waals surface area contributed by atoms with E-state index in [9.17, 15) is 0 Å². The lowest BCUT2D eigenvalue weighted by molar-refractivity contribution is 0.609. The Morgan fingerprint density at radius 2 is 2.17 bits per heavy atom. The summed E-state index contributed by atoms with van der Waals surface area (Å²) in [4.78, 5) is 11.4. The van der Waals surface area contributed by atoms with E-state index < -0.39 is 0 Å². The van der Waals surface area contributed by atoms with Crippen LogP contribution in [0.25, 0.3) is 0 Å². The first-order chi connectivity index (χ1) is 8.70. The largest absolute Gasteiger partial charge is 0.384 e. The van der Waals surface area contributed by atoms with Gasteiger partial charge in [-0.05, 0) is 26.2 Å². The van der Waals surface area contributed by atoms with E-state index in [0.29, 0.717) is 11.9 Å². The van der Waals surface area contributed by atoms with Crippen molar-refractivity contribution in [2.24, 2.45) is 0 Å². The number of nitrogen functional groups attached to an aromatic ring is 1. The molecule has 1 aromatic heterocycles. The van der Waals surface area contributed by atoms with E-state index in [4.69, 9.17) is 5.73 Å². The van der Waals surface area contributed by atoms with Crippen LogP contribution in [0.5, 0.6) is 0 Å². The van der Waals surface area contributed by atoms with Crippen molar-refractivity contribution in [1.82, 2.24) is 9.97 Å². The number of nitrogens with two attached hydrogens (primary N) is 1. The number of nitrogens with zero attached hydrogens (tertiary/aromatic N) is 3. The van der Waals surface area contributed by atoms with Crippen LogP contribution < -0.4 is 10.6 Å². The predicted molar refractivity (Wildman–Crippen MR) is 75.7 cm³/mol. The fraction of sp³-hybridized carbons (Fsp3) is 0.714. The Balaban J connectivity index is 2.24. The van der Waals surface area contributed by atoms with Gasteiger partial charge in [-0.2, -0.15) is 0 Å². The highest BCUT2D eigenvalue weighted by atomic mass is 15.2. The number of aromatic nitrogens is 2. The maximum absolute atomic E-state index is 5.90. The molecule has 2 rings (SSSR count). The van der Waals surface area contributed by atoms with Gasteiger partial charge in [0, 0.05) is 25.1 Å². The molecule has 0 aliphatic carbocycles. The molecular weight excluding hydrogens is 224 g/mol. The number of rotatable bonds is 3. The summed E-state index contributed by atoms with van der Waals surface area (Å²) in [5.41, 5.74) is 5.90. The van der Waals surface area contributed by atoms with E-state index >= 15 is 0 Å². The van der Waals surface area contributed by atoms with Crippen LogP contribution in [0.1, 0.15) is 51.8 Å². The standard InChI is InChI=1S/C14H24N4/c1-3-7-13-16-12(15)10-14(17-13)18-9-6-4-5-8-11(18)2/h10-11H,3-9H2,1-2H3,(H2,15,16,17). The normalized spacial score (nSPS) is 20.8. The lowest BCUT2D eigenvalue weighted by atomic mass is 10.1. The predicted octanol–water partition coefficient (Wildman–Crippen LogP) is 2.78. The van der Waals surface area contributed by atoms with Gasteiger partial charge in [-0.15, -0.1) is 0 Å². The van der Waals surface area contributed by atoms with Gasteiger partial charge in [-0.25, -0.2) is 9.97 Å². The third-order valence-corrected chi connectivity index (χ3v) is 3.60. The molecule has 0 bridgehead atoms. The van der Waals surface area contributed by atoms with Crippen LogP contribution in [0.15, 0.2) is 6.07 Å². The molecule has 1 saturated heterocycles. The van der Waals surface area contributed by atoms with Crippen molar-refractivity contribution in [3.05, 3.63) is 11.9 Å². The minimum absolute atomic E-state index is 0.552. The number of hydrogen-bond donors (Lipinski definition) is 1. The smallest absolute Gasteiger partial charge is 0.134 e.